The van der Waals surface area contributed by atoms with Gasteiger partial charge in [-0.3, -0.25) is 0 Å². The van der Waals surface area contributed by atoms with Crippen LogP contribution in [0.3, 0.4) is 0 Å². The van der Waals surface area contributed by atoms with Crippen molar-refractivity contribution in [2.75, 3.05) is 6.61 Å². The van der Waals surface area contributed by atoms with Gasteiger partial charge in [0.2, 0.25) is 0 Å². The van der Waals surface area contributed by atoms with Crippen LogP contribution in [0, 0.1) is 0 Å². The monoisotopic (exact) mass is 334 g/mol. The first kappa shape index (κ1) is 12.8. The van der Waals surface area contributed by atoms with Gasteiger partial charge in [-0.15, -0.1) is 0 Å². The number of rotatable bonds is 1. The van der Waals surface area contributed by atoms with Crippen LogP contribution in [0.1, 0.15) is 49.5 Å². The second-order valence-electron chi connectivity index (χ2n) is 5.88. The third kappa shape index (κ3) is 2.01. The van der Waals surface area contributed by atoms with Gasteiger partial charge >= 0.3 is 0 Å². The molecule has 0 radical (unpaired) electrons. The molecule has 4 rings (SSSR count). The smallest absolute Gasteiger partial charge is 0.150 e. The Hall–Kier alpha value is -0.870. The lowest BCUT2D eigenvalue weighted by Gasteiger charge is -2.24. The van der Waals surface area contributed by atoms with Crippen LogP contribution in [0.4, 0.5) is 0 Å². The van der Waals surface area contributed by atoms with Crippen LogP contribution in [0.2, 0.25) is 0 Å². The number of benzene rings is 1. The van der Waals surface area contributed by atoms with Crippen molar-refractivity contribution in [2.45, 2.75) is 51.2 Å². The molecule has 1 unspecified atom stereocenters. The summed E-state index contributed by atoms with van der Waals surface area (Å²) in [6, 6.07) is 2.35. The first-order valence-electron chi connectivity index (χ1n) is 7.63. The molecule has 2 aromatic rings. The van der Waals surface area contributed by atoms with Gasteiger partial charge in [-0.2, -0.15) is 5.10 Å². The summed E-state index contributed by atoms with van der Waals surface area (Å²) in [6.07, 6.45) is 10.6. The Morgan fingerprint density at radius 3 is 2.95 bits per heavy atom. The van der Waals surface area contributed by atoms with Crippen molar-refractivity contribution in [1.29, 1.82) is 0 Å². The fraction of sp³-hybridized carbons (Fsp3) is 0.562. The van der Waals surface area contributed by atoms with E-state index >= 15 is 0 Å². The summed E-state index contributed by atoms with van der Waals surface area (Å²) < 4.78 is 9.25. The van der Waals surface area contributed by atoms with Crippen molar-refractivity contribution < 1.29 is 4.74 Å². The Bertz CT molecular complexity index is 643. The molecule has 1 aromatic heterocycles. The molecule has 1 saturated heterocycles. The normalized spacial score (nSPS) is 22.9. The average Bonchev–Trinajstić information content (AvgIpc) is 2.92. The molecule has 106 valence electrons. The van der Waals surface area contributed by atoms with E-state index in [0.717, 1.165) is 13.0 Å². The Labute approximate surface area is 127 Å². The predicted molar refractivity (Wildman–Crippen MR) is 82.9 cm³/mol. The Kier molecular flexibility index (Phi) is 3.31. The third-order valence-electron chi connectivity index (χ3n) is 4.59. The van der Waals surface area contributed by atoms with Gasteiger partial charge < -0.3 is 4.74 Å². The van der Waals surface area contributed by atoms with Crippen molar-refractivity contribution in [3.8, 4) is 0 Å². The fourth-order valence-electron chi connectivity index (χ4n) is 3.50. The number of hydrogen-bond donors (Lipinski definition) is 0. The van der Waals surface area contributed by atoms with Gasteiger partial charge in [-0.05, 0) is 78.1 Å². The summed E-state index contributed by atoms with van der Waals surface area (Å²) >= 11 is 3.81. The topological polar surface area (TPSA) is 27.1 Å². The quantitative estimate of drug-likeness (QED) is 0.773. The molecular weight excluding hydrogens is 316 g/mol. The molecule has 0 saturated carbocycles. The summed E-state index contributed by atoms with van der Waals surface area (Å²) in [5, 5.41) is 5.85. The molecule has 1 aromatic carbocycles. The van der Waals surface area contributed by atoms with E-state index < -0.39 is 0 Å². The highest BCUT2D eigenvalue weighted by Gasteiger charge is 2.22. The lowest BCUT2D eigenvalue weighted by Crippen LogP contribution is -2.19. The molecule has 1 aliphatic carbocycles. The van der Waals surface area contributed by atoms with Crippen molar-refractivity contribution >= 4 is 26.8 Å². The van der Waals surface area contributed by atoms with Crippen molar-refractivity contribution in [3.05, 3.63) is 27.9 Å². The molecule has 20 heavy (non-hydrogen) atoms. The summed E-state index contributed by atoms with van der Waals surface area (Å²) in [6.45, 7) is 0.859. The lowest BCUT2D eigenvalue weighted by molar-refractivity contribution is -0.0366. The molecule has 1 fully saturated rings. The first-order chi connectivity index (χ1) is 9.84. The molecule has 0 amide bonds. The number of halogens is 1. The number of aromatic nitrogens is 2. The van der Waals surface area contributed by atoms with Crippen LogP contribution in [0.25, 0.3) is 10.9 Å². The number of nitrogens with zero attached hydrogens (tertiary/aromatic N) is 2. The fourth-order valence-corrected chi connectivity index (χ4v) is 4.26. The molecular formula is C16H19BrN2O. The van der Waals surface area contributed by atoms with Crippen LogP contribution in [-0.2, 0) is 17.6 Å². The summed E-state index contributed by atoms with van der Waals surface area (Å²) in [7, 11) is 0. The number of fused-ring (bicyclic) bond motifs is 2. The van der Waals surface area contributed by atoms with Gasteiger partial charge in [0.15, 0.2) is 6.23 Å². The van der Waals surface area contributed by atoms with Crippen LogP contribution in [0.5, 0.6) is 0 Å². The van der Waals surface area contributed by atoms with Gasteiger partial charge in [0.1, 0.15) is 0 Å². The average molecular weight is 335 g/mol. The minimum absolute atomic E-state index is 0.120. The van der Waals surface area contributed by atoms with E-state index in [2.05, 4.69) is 31.8 Å². The molecule has 0 spiro atoms. The molecule has 2 aliphatic rings. The van der Waals surface area contributed by atoms with E-state index in [1.165, 1.54) is 65.0 Å². The number of ether oxygens (including phenoxy) is 1. The van der Waals surface area contributed by atoms with E-state index in [4.69, 9.17) is 4.74 Å². The second kappa shape index (κ2) is 5.15. The summed E-state index contributed by atoms with van der Waals surface area (Å²) in [5.41, 5.74) is 4.21. The SMILES string of the molecule is Brc1c2c(cc3c1cnn3C1CCCCO1)CCCC2. The Morgan fingerprint density at radius 1 is 1.20 bits per heavy atom. The van der Waals surface area contributed by atoms with Crippen molar-refractivity contribution in [2.24, 2.45) is 0 Å². The molecule has 3 nitrogen and oxygen atoms in total. The zero-order valence-corrected chi connectivity index (χ0v) is 13.2. The molecule has 0 bridgehead atoms. The molecule has 2 heterocycles. The second-order valence-corrected chi connectivity index (χ2v) is 6.67. The standard InChI is InChI=1S/C16H19BrN2O/c17-16-12-6-2-1-5-11(12)9-14-13(16)10-18-19(14)15-7-3-4-8-20-15/h9-10,15H,1-8H2. The third-order valence-corrected chi connectivity index (χ3v) is 5.49. The van der Waals surface area contributed by atoms with Crippen molar-refractivity contribution in [1.82, 2.24) is 9.78 Å². The van der Waals surface area contributed by atoms with E-state index in [1.54, 1.807) is 0 Å². The zero-order valence-electron chi connectivity index (χ0n) is 11.6. The molecule has 1 atom stereocenters. The van der Waals surface area contributed by atoms with E-state index in [-0.39, 0.29) is 6.23 Å². The van der Waals surface area contributed by atoms with Crippen LogP contribution < -0.4 is 0 Å². The maximum atomic E-state index is 5.90. The Balaban J connectivity index is 1.85. The number of hydrogen-bond acceptors (Lipinski definition) is 2. The minimum Gasteiger partial charge on any atom is -0.356 e. The molecule has 0 N–H and O–H groups in total. The highest BCUT2D eigenvalue weighted by Crippen LogP contribution is 2.36. The highest BCUT2D eigenvalue weighted by atomic mass is 79.9. The van der Waals surface area contributed by atoms with E-state index in [9.17, 15) is 0 Å². The minimum atomic E-state index is 0.120. The maximum Gasteiger partial charge on any atom is 0.150 e. The lowest BCUT2D eigenvalue weighted by atomic mass is 9.91. The molecule has 1 aliphatic heterocycles. The summed E-state index contributed by atoms with van der Waals surface area (Å²) in [5.74, 6) is 0. The Morgan fingerprint density at radius 2 is 2.10 bits per heavy atom. The summed E-state index contributed by atoms with van der Waals surface area (Å²) in [4.78, 5) is 0. The van der Waals surface area contributed by atoms with Crippen LogP contribution in [0.15, 0.2) is 16.7 Å². The van der Waals surface area contributed by atoms with Gasteiger partial charge in [0, 0.05) is 16.5 Å². The first-order valence-corrected chi connectivity index (χ1v) is 8.43. The largest absolute Gasteiger partial charge is 0.356 e. The van der Waals surface area contributed by atoms with Gasteiger partial charge in [-0.25, -0.2) is 4.68 Å². The highest BCUT2D eigenvalue weighted by molar-refractivity contribution is 9.10. The number of aryl methyl sites for hydroxylation is 1. The van der Waals surface area contributed by atoms with Gasteiger partial charge in [0.25, 0.3) is 0 Å². The van der Waals surface area contributed by atoms with Gasteiger partial charge in [-0.1, -0.05) is 0 Å². The van der Waals surface area contributed by atoms with E-state index in [0.29, 0.717) is 0 Å². The predicted octanol–water partition coefficient (Wildman–Crippen LogP) is 4.38. The zero-order chi connectivity index (χ0) is 13.5. The molecule has 4 heteroatoms. The van der Waals surface area contributed by atoms with Crippen LogP contribution in [-0.4, -0.2) is 16.4 Å². The van der Waals surface area contributed by atoms with Gasteiger partial charge in [0.05, 0.1) is 11.7 Å². The maximum absolute atomic E-state index is 5.90. The van der Waals surface area contributed by atoms with E-state index in [1.807, 2.05) is 6.20 Å². The van der Waals surface area contributed by atoms with Crippen molar-refractivity contribution in [3.63, 3.8) is 0 Å². The van der Waals surface area contributed by atoms with Crippen LogP contribution >= 0.6 is 15.9 Å².